The van der Waals surface area contributed by atoms with Crippen molar-refractivity contribution in [2.24, 2.45) is 0 Å². The van der Waals surface area contributed by atoms with Gasteiger partial charge in [-0.15, -0.1) is 5.10 Å². The van der Waals surface area contributed by atoms with E-state index in [1.165, 1.54) is 37.1 Å². The molecule has 0 bridgehead atoms. The van der Waals surface area contributed by atoms with Crippen LogP contribution in [0.15, 0.2) is 60.8 Å². The molecule has 1 aliphatic heterocycles. The van der Waals surface area contributed by atoms with E-state index in [0.29, 0.717) is 0 Å². The van der Waals surface area contributed by atoms with Crippen LogP contribution in [0.2, 0.25) is 0 Å². The van der Waals surface area contributed by atoms with Crippen LogP contribution in [-0.2, 0) is 13.1 Å². The van der Waals surface area contributed by atoms with Gasteiger partial charge in [0.2, 0.25) is 0 Å². The van der Waals surface area contributed by atoms with Crippen LogP contribution in [0, 0.1) is 0 Å². The molecule has 1 aliphatic rings. The number of rotatable bonds is 5. The fourth-order valence-corrected chi connectivity index (χ4v) is 3.26. The maximum atomic E-state index is 4.32. The number of hydrogen-bond donors (Lipinski definition) is 0. The SMILES string of the molecule is c1ccc(Cn2cc(-c3ccc(CN4CCCC4)cc3)nn2)cc1. The topological polar surface area (TPSA) is 34.0 Å². The third-order valence-electron chi connectivity index (χ3n) is 4.58. The second kappa shape index (κ2) is 6.97. The highest BCUT2D eigenvalue weighted by atomic mass is 15.4. The van der Waals surface area contributed by atoms with Crippen LogP contribution in [0.3, 0.4) is 0 Å². The molecule has 0 saturated carbocycles. The fraction of sp³-hybridized carbons (Fsp3) is 0.300. The Kier molecular flexibility index (Phi) is 4.38. The third kappa shape index (κ3) is 3.54. The van der Waals surface area contributed by atoms with E-state index in [0.717, 1.165) is 24.3 Å². The van der Waals surface area contributed by atoms with Crippen LogP contribution in [0.25, 0.3) is 11.3 Å². The molecular weight excluding hydrogens is 296 g/mol. The number of aromatic nitrogens is 3. The predicted octanol–water partition coefficient (Wildman–Crippen LogP) is 3.59. The van der Waals surface area contributed by atoms with E-state index in [1.807, 2.05) is 29.1 Å². The molecule has 0 atom stereocenters. The quantitative estimate of drug-likeness (QED) is 0.721. The maximum Gasteiger partial charge on any atom is 0.113 e. The molecule has 0 N–H and O–H groups in total. The lowest BCUT2D eigenvalue weighted by atomic mass is 10.1. The van der Waals surface area contributed by atoms with Gasteiger partial charge in [0, 0.05) is 12.1 Å². The molecule has 0 radical (unpaired) electrons. The Bertz CT molecular complexity index is 771. The van der Waals surface area contributed by atoms with Gasteiger partial charge >= 0.3 is 0 Å². The summed E-state index contributed by atoms with van der Waals surface area (Å²) in [7, 11) is 0. The molecule has 2 heterocycles. The summed E-state index contributed by atoms with van der Waals surface area (Å²) in [6.45, 7) is 4.27. The van der Waals surface area contributed by atoms with Crippen LogP contribution in [0.4, 0.5) is 0 Å². The molecule has 3 aromatic rings. The fourth-order valence-electron chi connectivity index (χ4n) is 3.26. The molecule has 4 rings (SSSR count). The smallest absolute Gasteiger partial charge is 0.113 e. The van der Waals surface area contributed by atoms with Gasteiger partial charge in [-0.05, 0) is 37.1 Å². The first kappa shape index (κ1) is 15.1. The Balaban J connectivity index is 1.44. The van der Waals surface area contributed by atoms with E-state index in [-0.39, 0.29) is 0 Å². The normalized spacial score (nSPS) is 15.0. The Morgan fingerprint density at radius 1 is 0.792 bits per heavy atom. The van der Waals surface area contributed by atoms with Crippen molar-refractivity contribution in [2.45, 2.75) is 25.9 Å². The highest BCUT2D eigenvalue weighted by molar-refractivity contribution is 5.58. The summed E-state index contributed by atoms with van der Waals surface area (Å²) >= 11 is 0. The Morgan fingerprint density at radius 2 is 1.50 bits per heavy atom. The average molecular weight is 318 g/mol. The Hall–Kier alpha value is -2.46. The summed E-state index contributed by atoms with van der Waals surface area (Å²) in [6, 6.07) is 19.1. The van der Waals surface area contributed by atoms with Crippen molar-refractivity contribution in [3.63, 3.8) is 0 Å². The molecule has 0 unspecified atom stereocenters. The van der Waals surface area contributed by atoms with E-state index in [9.17, 15) is 0 Å². The first-order valence-corrected chi connectivity index (χ1v) is 8.62. The average Bonchev–Trinajstić information content (AvgIpc) is 3.29. The minimum absolute atomic E-state index is 0.751. The highest BCUT2D eigenvalue weighted by Crippen LogP contribution is 2.19. The molecule has 1 fully saturated rings. The Morgan fingerprint density at radius 3 is 2.25 bits per heavy atom. The molecular formula is C20H22N4. The van der Waals surface area contributed by atoms with Crippen LogP contribution < -0.4 is 0 Å². The number of nitrogens with zero attached hydrogens (tertiary/aromatic N) is 4. The number of hydrogen-bond acceptors (Lipinski definition) is 3. The van der Waals surface area contributed by atoms with Crippen molar-refractivity contribution in [1.29, 1.82) is 0 Å². The van der Waals surface area contributed by atoms with Crippen molar-refractivity contribution in [1.82, 2.24) is 19.9 Å². The summed E-state index contributed by atoms with van der Waals surface area (Å²) in [5, 5.41) is 8.57. The molecule has 122 valence electrons. The zero-order chi connectivity index (χ0) is 16.2. The van der Waals surface area contributed by atoms with Gasteiger partial charge < -0.3 is 0 Å². The van der Waals surface area contributed by atoms with Gasteiger partial charge in [-0.1, -0.05) is 59.8 Å². The zero-order valence-corrected chi connectivity index (χ0v) is 13.8. The summed E-state index contributed by atoms with van der Waals surface area (Å²) in [4.78, 5) is 2.52. The first-order chi connectivity index (χ1) is 11.9. The summed E-state index contributed by atoms with van der Waals surface area (Å²) in [5.74, 6) is 0. The molecule has 0 amide bonds. The van der Waals surface area contributed by atoms with Gasteiger partial charge in [0.15, 0.2) is 0 Å². The van der Waals surface area contributed by atoms with Crippen molar-refractivity contribution in [3.8, 4) is 11.3 Å². The summed E-state index contributed by atoms with van der Waals surface area (Å²) in [5.41, 5.74) is 4.66. The number of likely N-dealkylation sites (tertiary alicyclic amines) is 1. The minimum atomic E-state index is 0.751. The van der Waals surface area contributed by atoms with E-state index in [1.54, 1.807) is 0 Å². The second-order valence-electron chi connectivity index (χ2n) is 6.47. The summed E-state index contributed by atoms with van der Waals surface area (Å²) < 4.78 is 1.89. The molecule has 1 saturated heterocycles. The van der Waals surface area contributed by atoms with E-state index in [4.69, 9.17) is 0 Å². The predicted molar refractivity (Wildman–Crippen MR) is 95.5 cm³/mol. The minimum Gasteiger partial charge on any atom is -0.299 e. The highest BCUT2D eigenvalue weighted by Gasteiger charge is 2.12. The molecule has 0 spiro atoms. The standard InChI is InChI=1S/C20H22N4/c1-2-6-17(7-3-1)15-24-16-20(21-22-24)19-10-8-18(9-11-19)14-23-12-4-5-13-23/h1-3,6-11,16H,4-5,12-15H2. The largest absolute Gasteiger partial charge is 0.299 e. The van der Waals surface area contributed by atoms with E-state index in [2.05, 4.69) is 51.6 Å². The van der Waals surface area contributed by atoms with Gasteiger partial charge in [-0.25, -0.2) is 4.68 Å². The van der Waals surface area contributed by atoms with E-state index < -0.39 is 0 Å². The van der Waals surface area contributed by atoms with Gasteiger partial charge in [-0.3, -0.25) is 4.90 Å². The molecule has 24 heavy (non-hydrogen) atoms. The van der Waals surface area contributed by atoms with Crippen molar-refractivity contribution < 1.29 is 0 Å². The Labute approximate surface area is 142 Å². The lowest BCUT2D eigenvalue weighted by Crippen LogP contribution is -2.18. The molecule has 1 aromatic heterocycles. The van der Waals surface area contributed by atoms with Crippen molar-refractivity contribution in [2.75, 3.05) is 13.1 Å². The third-order valence-corrected chi connectivity index (χ3v) is 4.58. The van der Waals surface area contributed by atoms with E-state index >= 15 is 0 Å². The molecule has 0 aliphatic carbocycles. The van der Waals surface area contributed by atoms with Crippen molar-refractivity contribution >= 4 is 0 Å². The van der Waals surface area contributed by atoms with Gasteiger partial charge in [-0.2, -0.15) is 0 Å². The van der Waals surface area contributed by atoms with Gasteiger partial charge in [0.05, 0.1) is 12.7 Å². The zero-order valence-electron chi connectivity index (χ0n) is 13.8. The van der Waals surface area contributed by atoms with Crippen LogP contribution >= 0.6 is 0 Å². The van der Waals surface area contributed by atoms with Crippen LogP contribution in [-0.4, -0.2) is 33.0 Å². The van der Waals surface area contributed by atoms with Gasteiger partial charge in [0.25, 0.3) is 0 Å². The first-order valence-electron chi connectivity index (χ1n) is 8.62. The van der Waals surface area contributed by atoms with Crippen LogP contribution in [0.5, 0.6) is 0 Å². The molecule has 4 nitrogen and oxygen atoms in total. The number of benzene rings is 2. The molecule has 4 heteroatoms. The van der Waals surface area contributed by atoms with Crippen molar-refractivity contribution in [3.05, 3.63) is 71.9 Å². The summed E-state index contributed by atoms with van der Waals surface area (Å²) in [6.07, 6.45) is 4.69. The monoisotopic (exact) mass is 318 g/mol. The maximum absolute atomic E-state index is 4.32. The second-order valence-corrected chi connectivity index (χ2v) is 6.47. The lowest BCUT2D eigenvalue weighted by molar-refractivity contribution is 0.331. The molecule has 2 aromatic carbocycles. The lowest BCUT2D eigenvalue weighted by Gasteiger charge is -2.14. The van der Waals surface area contributed by atoms with Gasteiger partial charge in [0.1, 0.15) is 5.69 Å². The van der Waals surface area contributed by atoms with Crippen LogP contribution in [0.1, 0.15) is 24.0 Å².